The molecule has 40 heavy (non-hydrogen) atoms. The fourth-order valence-electron chi connectivity index (χ4n) is 5.08. The van der Waals surface area contributed by atoms with E-state index in [1.165, 1.54) is 11.1 Å². The number of aryl methyl sites for hydroxylation is 2. The van der Waals surface area contributed by atoms with Gasteiger partial charge in [-0.3, -0.25) is 0 Å². The maximum Gasteiger partial charge on any atom is 0.0838 e. The molecule has 0 bridgehead atoms. The number of rotatable bonds is 6. The average Bonchev–Trinajstić information content (AvgIpc) is 3.41. The molecule has 5 aromatic carbocycles. The summed E-state index contributed by atoms with van der Waals surface area (Å²) in [4.78, 5) is 2.28. The zero-order valence-electron chi connectivity index (χ0n) is 22.6. The molecule has 5 nitrogen and oxygen atoms in total. The molecule has 5 heteroatoms. The summed E-state index contributed by atoms with van der Waals surface area (Å²) in [5.74, 6) is -0.131. The lowest BCUT2D eigenvalue weighted by Gasteiger charge is -2.26. The first-order valence-corrected chi connectivity index (χ1v) is 13.4. The van der Waals surface area contributed by atoms with Crippen LogP contribution in [0.2, 0.25) is 0 Å². The molecule has 6 rings (SSSR count). The van der Waals surface area contributed by atoms with Crippen LogP contribution in [0.3, 0.4) is 0 Å². The van der Waals surface area contributed by atoms with Crippen molar-refractivity contribution in [1.29, 1.82) is 0 Å². The second kappa shape index (κ2) is 10.5. The lowest BCUT2D eigenvalue weighted by atomic mass is 9.84. The molecule has 196 valence electrons. The van der Waals surface area contributed by atoms with Gasteiger partial charge in [0.1, 0.15) is 0 Å². The predicted octanol–water partition coefficient (Wildman–Crippen LogP) is 7.93. The SMILES string of the molecule is Cc1ccc(N(c2ccc(C)cc2)c2ccc(C3C(c4ccc(N)cc4)=NN=C3c3ccc(N)cc3)cc2)cc1. The molecular formula is C35H31N5. The summed E-state index contributed by atoms with van der Waals surface area (Å²) in [7, 11) is 0. The summed E-state index contributed by atoms with van der Waals surface area (Å²) >= 11 is 0. The molecule has 0 atom stereocenters. The third kappa shape index (κ3) is 4.97. The number of benzene rings is 5. The van der Waals surface area contributed by atoms with E-state index in [9.17, 15) is 0 Å². The van der Waals surface area contributed by atoms with E-state index in [2.05, 4.69) is 102 Å². The average molecular weight is 522 g/mol. The van der Waals surface area contributed by atoms with Crippen LogP contribution in [0.15, 0.2) is 132 Å². The Kier molecular flexibility index (Phi) is 6.62. The van der Waals surface area contributed by atoms with Gasteiger partial charge in [0.05, 0.1) is 17.3 Å². The van der Waals surface area contributed by atoms with Crippen LogP contribution in [0.5, 0.6) is 0 Å². The quantitative estimate of drug-likeness (QED) is 0.223. The van der Waals surface area contributed by atoms with Crippen molar-refractivity contribution in [3.8, 4) is 0 Å². The molecule has 0 saturated carbocycles. The molecule has 0 aliphatic carbocycles. The maximum atomic E-state index is 5.98. The summed E-state index contributed by atoms with van der Waals surface area (Å²) < 4.78 is 0. The predicted molar refractivity (Wildman–Crippen MR) is 168 cm³/mol. The van der Waals surface area contributed by atoms with E-state index in [4.69, 9.17) is 11.5 Å². The lowest BCUT2D eigenvalue weighted by Crippen LogP contribution is -2.20. The second-order valence-corrected chi connectivity index (χ2v) is 10.2. The van der Waals surface area contributed by atoms with Crippen LogP contribution in [0, 0.1) is 13.8 Å². The zero-order chi connectivity index (χ0) is 27.6. The highest BCUT2D eigenvalue weighted by molar-refractivity contribution is 6.26. The lowest BCUT2D eigenvalue weighted by molar-refractivity contribution is 1.21. The normalized spacial score (nSPS) is 13.2. The number of hydrogen-bond acceptors (Lipinski definition) is 5. The van der Waals surface area contributed by atoms with Crippen LogP contribution >= 0.6 is 0 Å². The third-order valence-corrected chi connectivity index (χ3v) is 7.29. The Balaban J connectivity index is 1.41. The van der Waals surface area contributed by atoms with Crippen molar-refractivity contribution in [2.75, 3.05) is 16.4 Å². The van der Waals surface area contributed by atoms with Crippen LogP contribution in [0.1, 0.15) is 33.7 Å². The zero-order valence-corrected chi connectivity index (χ0v) is 22.6. The Morgan fingerprint density at radius 1 is 0.475 bits per heavy atom. The van der Waals surface area contributed by atoms with Crippen molar-refractivity contribution >= 4 is 39.9 Å². The molecule has 5 aromatic rings. The Labute approximate surface area is 235 Å². The smallest absolute Gasteiger partial charge is 0.0838 e. The van der Waals surface area contributed by atoms with Gasteiger partial charge in [-0.1, -0.05) is 71.8 Å². The van der Waals surface area contributed by atoms with E-state index >= 15 is 0 Å². The van der Waals surface area contributed by atoms with Crippen LogP contribution in [-0.2, 0) is 0 Å². The third-order valence-electron chi connectivity index (χ3n) is 7.29. The first kappa shape index (κ1) is 25.1. The highest BCUT2D eigenvalue weighted by Crippen LogP contribution is 2.37. The minimum atomic E-state index is -0.131. The van der Waals surface area contributed by atoms with Gasteiger partial charge in [-0.2, -0.15) is 10.2 Å². The largest absolute Gasteiger partial charge is 0.399 e. The van der Waals surface area contributed by atoms with Gasteiger partial charge in [-0.15, -0.1) is 0 Å². The summed E-state index contributed by atoms with van der Waals surface area (Å²) in [5.41, 5.74) is 24.0. The summed E-state index contributed by atoms with van der Waals surface area (Å²) in [6.07, 6.45) is 0. The van der Waals surface area contributed by atoms with Crippen molar-refractivity contribution < 1.29 is 0 Å². The van der Waals surface area contributed by atoms with Gasteiger partial charge in [0, 0.05) is 28.4 Å². The van der Waals surface area contributed by atoms with E-state index < -0.39 is 0 Å². The molecule has 0 fully saturated rings. The first-order valence-electron chi connectivity index (χ1n) is 13.4. The molecule has 1 heterocycles. The molecule has 0 saturated heterocycles. The minimum absolute atomic E-state index is 0.131. The second-order valence-electron chi connectivity index (χ2n) is 10.2. The molecule has 1 aliphatic rings. The van der Waals surface area contributed by atoms with Gasteiger partial charge in [0.25, 0.3) is 0 Å². The highest BCUT2D eigenvalue weighted by atomic mass is 15.2. The number of nitrogens with zero attached hydrogens (tertiary/aromatic N) is 3. The maximum absolute atomic E-state index is 5.98. The summed E-state index contributed by atoms with van der Waals surface area (Å²) in [6.45, 7) is 4.22. The van der Waals surface area contributed by atoms with Crippen molar-refractivity contribution in [2.45, 2.75) is 19.8 Å². The van der Waals surface area contributed by atoms with E-state index in [0.717, 1.165) is 56.6 Å². The van der Waals surface area contributed by atoms with Gasteiger partial charge in [-0.25, -0.2) is 0 Å². The van der Waals surface area contributed by atoms with Gasteiger partial charge < -0.3 is 16.4 Å². The Morgan fingerprint density at radius 2 is 0.825 bits per heavy atom. The molecule has 0 radical (unpaired) electrons. The topological polar surface area (TPSA) is 80.0 Å². The monoisotopic (exact) mass is 521 g/mol. The number of nitrogen functional groups attached to an aromatic ring is 2. The first-order chi connectivity index (χ1) is 19.5. The molecule has 0 unspecified atom stereocenters. The fourth-order valence-corrected chi connectivity index (χ4v) is 5.08. The van der Waals surface area contributed by atoms with Crippen LogP contribution in [0.25, 0.3) is 0 Å². The van der Waals surface area contributed by atoms with Gasteiger partial charge in [-0.05, 0) is 91.2 Å². The highest BCUT2D eigenvalue weighted by Gasteiger charge is 2.31. The van der Waals surface area contributed by atoms with Gasteiger partial charge >= 0.3 is 0 Å². The van der Waals surface area contributed by atoms with Gasteiger partial charge in [0.2, 0.25) is 0 Å². The number of nitrogens with two attached hydrogens (primary N) is 2. The Morgan fingerprint density at radius 3 is 1.20 bits per heavy atom. The van der Waals surface area contributed by atoms with Crippen molar-refractivity contribution in [3.63, 3.8) is 0 Å². The van der Waals surface area contributed by atoms with Gasteiger partial charge in [0.15, 0.2) is 0 Å². The van der Waals surface area contributed by atoms with Crippen LogP contribution < -0.4 is 16.4 Å². The number of hydrogen-bond donors (Lipinski definition) is 2. The fraction of sp³-hybridized carbons (Fsp3) is 0.0857. The van der Waals surface area contributed by atoms with Crippen molar-refractivity contribution in [3.05, 3.63) is 149 Å². The van der Waals surface area contributed by atoms with Crippen LogP contribution in [-0.4, -0.2) is 11.4 Å². The Hall–Kier alpha value is -5.16. The summed E-state index contributed by atoms with van der Waals surface area (Å²) in [6, 6.07) is 41.6. The van der Waals surface area contributed by atoms with Crippen LogP contribution in [0.4, 0.5) is 28.4 Å². The van der Waals surface area contributed by atoms with E-state index in [-0.39, 0.29) is 5.92 Å². The van der Waals surface area contributed by atoms with Crippen molar-refractivity contribution in [2.24, 2.45) is 10.2 Å². The minimum Gasteiger partial charge on any atom is -0.399 e. The Bertz CT molecular complexity index is 1570. The van der Waals surface area contributed by atoms with E-state index in [1.54, 1.807) is 0 Å². The molecular weight excluding hydrogens is 490 g/mol. The standard InChI is InChI=1S/C35H31N5/c1-23-3-17-30(18-4-23)40(31-19-5-24(2)6-20-31)32-21-11-25(12-22-32)33-34(26-7-13-28(36)14-8-26)38-39-35(33)27-9-15-29(37)16-10-27/h3-22,33H,36-37H2,1-2H3. The molecule has 1 aliphatic heterocycles. The molecule has 4 N–H and O–H groups in total. The van der Waals surface area contributed by atoms with E-state index in [1.807, 2.05) is 48.5 Å². The number of anilines is 5. The molecule has 0 aromatic heterocycles. The van der Waals surface area contributed by atoms with Crippen molar-refractivity contribution in [1.82, 2.24) is 0 Å². The van der Waals surface area contributed by atoms with E-state index in [0.29, 0.717) is 0 Å². The molecule has 0 spiro atoms. The molecule has 0 amide bonds. The summed E-state index contributed by atoms with van der Waals surface area (Å²) in [5, 5.41) is 9.33.